The fourth-order valence-electron chi connectivity index (χ4n) is 2.50. The smallest absolute Gasteiger partial charge is 0.205 e. The zero-order valence-electron chi connectivity index (χ0n) is 16.0. The molecule has 2 atom stereocenters. The average Bonchev–Trinajstić information content (AvgIpc) is 2.31. The van der Waals surface area contributed by atoms with Crippen LogP contribution in [0.3, 0.4) is 0 Å². The molecule has 0 bridgehead atoms. The Hall–Kier alpha value is 0.577. The van der Waals surface area contributed by atoms with Gasteiger partial charge in [-0.05, 0) is 6.92 Å². The lowest BCUT2D eigenvalue weighted by molar-refractivity contribution is -0.876. The summed E-state index contributed by atoms with van der Waals surface area (Å²) < 4.78 is 6.62. The van der Waals surface area contributed by atoms with E-state index in [0.29, 0.717) is 6.54 Å². The second-order valence-electron chi connectivity index (χ2n) is 8.21. The van der Waals surface area contributed by atoms with Gasteiger partial charge in [-0.3, -0.25) is 0 Å². The van der Waals surface area contributed by atoms with Crippen molar-refractivity contribution in [3.63, 3.8) is 0 Å². The summed E-state index contributed by atoms with van der Waals surface area (Å²) >= 11 is 0. The van der Waals surface area contributed by atoms with Crippen molar-refractivity contribution in [3.8, 4) is 0 Å². The highest BCUT2D eigenvalue weighted by atomic mass is 79.9. The van der Waals surface area contributed by atoms with E-state index >= 15 is 0 Å². The molecule has 0 aromatic carbocycles. The first-order valence-corrected chi connectivity index (χ1v) is 12.0. The molecule has 0 aliphatic rings. The molecule has 0 aliphatic heterocycles. The Bertz CT molecular complexity index is 270. The summed E-state index contributed by atoms with van der Waals surface area (Å²) in [7, 11) is 4.84. The van der Waals surface area contributed by atoms with Crippen LogP contribution in [-0.4, -0.2) is 57.4 Å². The van der Waals surface area contributed by atoms with Crippen LogP contribution in [0.15, 0.2) is 0 Å². The zero-order chi connectivity index (χ0) is 16.5. The molecule has 0 heterocycles. The molecule has 22 heavy (non-hydrogen) atoms. The SMILES string of the molecule is CCCCCCCC[Si](C)(C)C(C)OC(O)C[N+](C)(C)C.[Br-]. The van der Waals surface area contributed by atoms with E-state index in [2.05, 4.69) is 48.1 Å². The van der Waals surface area contributed by atoms with Crippen LogP contribution in [0.1, 0.15) is 52.4 Å². The minimum absolute atomic E-state index is 0. The van der Waals surface area contributed by atoms with Crippen LogP contribution in [0.5, 0.6) is 0 Å². The van der Waals surface area contributed by atoms with Crippen LogP contribution in [0.4, 0.5) is 0 Å². The summed E-state index contributed by atoms with van der Waals surface area (Å²) in [5.41, 5.74) is 0.217. The number of rotatable bonds is 12. The number of hydrogen-bond acceptors (Lipinski definition) is 2. The van der Waals surface area contributed by atoms with E-state index in [1.807, 2.05) is 0 Å². The molecule has 2 unspecified atom stereocenters. The third kappa shape index (κ3) is 13.1. The fourth-order valence-corrected chi connectivity index (χ4v) is 4.59. The van der Waals surface area contributed by atoms with Gasteiger partial charge in [0.25, 0.3) is 0 Å². The van der Waals surface area contributed by atoms with Crippen LogP contribution in [0.2, 0.25) is 19.1 Å². The van der Waals surface area contributed by atoms with Crippen molar-refractivity contribution >= 4 is 8.07 Å². The summed E-state index contributed by atoms with van der Waals surface area (Å²) in [5.74, 6) is 0. The molecule has 1 N–H and O–H groups in total. The molecule has 5 heteroatoms. The van der Waals surface area contributed by atoms with E-state index in [9.17, 15) is 5.11 Å². The van der Waals surface area contributed by atoms with Crippen molar-refractivity contribution < 1.29 is 31.3 Å². The number of ether oxygens (including phenoxy) is 1. The lowest BCUT2D eigenvalue weighted by Gasteiger charge is -2.33. The lowest BCUT2D eigenvalue weighted by atomic mass is 10.1. The lowest BCUT2D eigenvalue weighted by Crippen LogP contribution is -3.00. The highest BCUT2D eigenvalue weighted by molar-refractivity contribution is 6.78. The van der Waals surface area contributed by atoms with Crippen molar-refractivity contribution in [1.29, 1.82) is 0 Å². The Morgan fingerprint density at radius 1 is 1.00 bits per heavy atom. The summed E-state index contributed by atoms with van der Waals surface area (Å²) in [6, 6.07) is 1.30. The fraction of sp³-hybridized carbons (Fsp3) is 1.00. The van der Waals surface area contributed by atoms with Crippen LogP contribution in [0, 0.1) is 0 Å². The number of likely N-dealkylation sites (N-methyl/N-ethyl adjacent to an activating group) is 1. The normalized spacial score (nSPS) is 15.3. The average molecular weight is 399 g/mol. The van der Waals surface area contributed by atoms with Gasteiger partial charge in [0, 0.05) is 5.73 Å². The predicted molar refractivity (Wildman–Crippen MR) is 95.1 cm³/mol. The number of aliphatic hydroxyl groups is 1. The maximum absolute atomic E-state index is 10.1. The largest absolute Gasteiger partial charge is 1.00 e. The molecule has 0 saturated heterocycles. The molecule has 0 amide bonds. The molecular formula is C17H40BrNO2Si. The number of unbranched alkanes of at least 4 members (excludes halogenated alkanes) is 5. The first-order valence-electron chi connectivity index (χ1n) is 8.72. The predicted octanol–water partition coefficient (Wildman–Crippen LogP) is 1.03. The molecule has 0 saturated carbocycles. The van der Waals surface area contributed by atoms with E-state index in [0.717, 1.165) is 4.48 Å². The quantitative estimate of drug-likeness (QED) is 0.230. The van der Waals surface area contributed by atoms with Gasteiger partial charge >= 0.3 is 0 Å². The first kappa shape index (κ1) is 24.8. The van der Waals surface area contributed by atoms with Gasteiger partial charge in [0.2, 0.25) is 6.29 Å². The van der Waals surface area contributed by atoms with E-state index in [-0.39, 0.29) is 22.7 Å². The Kier molecular flexibility index (Phi) is 13.6. The highest BCUT2D eigenvalue weighted by Crippen LogP contribution is 2.22. The van der Waals surface area contributed by atoms with Gasteiger partial charge in [0.1, 0.15) is 6.54 Å². The minimum atomic E-state index is -1.40. The van der Waals surface area contributed by atoms with Gasteiger partial charge in [-0.1, -0.05) is 64.6 Å². The van der Waals surface area contributed by atoms with Crippen molar-refractivity contribution in [3.05, 3.63) is 0 Å². The molecule has 3 nitrogen and oxygen atoms in total. The van der Waals surface area contributed by atoms with E-state index in [4.69, 9.17) is 4.74 Å². The molecule has 0 rings (SSSR count). The number of quaternary nitrogens is 1. The maximum Gasteiger partial charge on any atom is 0.205 e. The molecular weight excluding hydrogens is 358 g/mol. The molecule has 0 spiro atoms. The van der Waals surface area contributed by atoms with Crippen molar-refractivity contribution in [1.82, 2.24) is 0 Å². The van der Waals surface area contributed by atoms with Crippen molar-refractivity contribution in [2.24, 2.45) is 0 Å². The minimum Gasteiger partial charge on any atom is -1.00 e. The standard InChI is InChI=1S/C17H40NO2Si.BrH/c1-8-9-10-11-12-13-14-21(6,7)16(2)20-17(19)15-18(3,4)5;/h16-17,19H,8-15H2,1-7H3;1H/q+1;/p-1. The molecule has 0 aromatic rings. The third-order valence-electron chi connectivity index (χ3n) is 4.34. The second-order valence-corrected chi connectivity index (χ2v) is 13.5. The molecule has 136 valence electrons. The maximum atomic E-state index is 10.1. The second kappa shape index (κ2) is 12.0. The van der Waals surface area contributed by atoms with Gasteiger partial charge in [-0.25, -0.2) is 0 Å². The molecule has 0 radical (unpaired) electrons. The third-order valence-corrected chi connectivity index (χ3v) is 8.32. The van der Waals surface area contributed by atoms with Crippen LogP contribution in [-0.2, 0) is 4.74 Å². The zero-order valence-corrected chi connectivity index (χ0v) is 18.6. The van der Waals surface area contributed by atoms with Gasteiger partial charge in [0.15, 0.2) is 0 Å². The van der Waals surface area contributed by atoms with Crippen LogP contribution < -0.4 is 17.0 Å². The summed E-state index contributed by atoms with van der Waals surface area (Å²) in [4.78, 5) is 0. The Morgan fingerprint density at radius 2 is 1.50 bits per heavy atom. The number of nitrogens with zero attached hydrogens (tertiary/aromatic N) is 1. The van der Waals surface area contributed by atoms with Crippen LogP contribution >= 0.6 is 0 Å². The van der Waals surface area contributed by atoms with E-state index < -0.39 is 14.4 Å². The topological polar surface area (TPSA) is 29.5 Å². The van der Waals surface area contributed by atoms with Crippen molar-refractivity contribution in [2.75, 3.05) is 27.7 Å². The van der Waals surface area contributed by atoms with Gasteiger partial charge in [-0.2, -0.15) is 0 Å². The Balaban J connectivity index is 0. The molecule has 0 aromatic heterocycles. The Labute approximate surface area is 150 Å². The monoisotopic (exact) mass is 397 g/mol. The van der Waals surface area contributed by atoms with Gasteiger partial charge in [-0.15, -0.1) is 0 Å². The van der Waals surface area contributed by atoms with Crippen molar-refractivity contribution in [2.45, 2.75) is 83.5 Å². The summed E-state index contributed by atoms with van der Waals surface area (Å²) in [6.45, 7) is 9.84. The number of halogens is 1. The molecule has 0 aliphatic carbocycles. The highest BCUT2D eigenvalue weighted by Gasteiger charge is 2.31. The van der Waals surface area contributed by atoms with Gasteiger partial charge < -0.3 is 31.3 Å². The van der Waals surface area contributed by atoms with E-state index in [1.165, 1.54) is 44.6 Å². The first-order chi connectivity index (χ1) is 9.58. The van der Waals surface area contributed by atoms with E-state index in [1.54, 1.807) is 0 Å². The van der Waals surface area contributed by atoms with Crippen LogP contribution in [0.25, 0.3) is 0 Å². The molecule has 0 fully saturated rings. The Morgan fingerprint density at radius 3 is 2.00 bits per heavy atom. The number of hydrogen-bond donors (Lipinski definition) is 1. The number of aliphatic hydroxyl groups excluding tert-OH is 1. The summed E-state index contributed by atoms with van der Waals surface area (Å²) in [5, 5.41) is 10.1. The van der Waals surface area contributed by atoms with Gasteiger partial charge in [0.05, 0.1) is 29.2 Å². The summed E-state index contributed by atoms with van der Waals surface area (Å²) in [6.07, 6.45) is 7.47.